The Bertz CT molecular complexity index is 1050. The molecule has 1 aliphatic carbocycles. The van der Waals surface area contributed by atoms with E-state index in [4.69, 9.17) is 23.4 Å². The molecule has 1 aliphatic rings. The molecule has 2 unspecified atom stereocenters. The van der Waals surface area contributed by atoms with Crippen molar-refractivity contribution in [2.75, 3.05) is 26.0 Å². The minimum absolute atomic E-state index is 0.00593. The number of ether oxygens (including phenoxy) is 2. The first-order chi connectivity index (χ1) is 30.5. The van der Waals surface area contributed by atoms with Gasteiger partial charge < -0.3 is 49.0 Å². The molecular formula is C50H99O11PS. The first kappa shape index (κ1) is 60.9. The maximum atomic E-state index is 11.0. The molecule has 0 radical (unpaired) electrons. The fraction of sp³-hybridized carbons (Fsp3) is 0.960. The number of allylic oxidation sites excluding steroid dienone is 2. The molecule has 63 heavy (non-hydrogen) atoms. The van der Waals surface area contributed by atoms with Crippen LogP contribution >= 0.6 is 19.6 Å². The van der Waals surface area contributed by atoms with E-state index in [9.17, 15) is 30.1 Å². The molecule has 0 aromatic heterocycles. The summed E-state index contributed by atoms with van der Waals surface area (Å²) in [5.74, 6) is 0. The number of hydrogen-bond donors (Lipinski definition) is 7. The molecule has 0 aromatic carbocycles. The van der Waals surface area contributed by atoms with Crippen LogP contribution in [0.15, 0.2) is 12.2 Å². The summed E-state index contributed by atoms with van der Waals surface area (Å²) < 4.78 is 29.8. The Kier molecular flexibility index (Phi) is 40.7. The highest BCUT2D eigenvalue weighted by molar-refractivity contribution is 7.95. The number of unbranched alkanes of at least 4 members (excludes halogenated alkanes) is 28. The Morgan fingerprint density at radius 2 is 0.905 bits per heavy atom. The van der Waals surface area contributed by atoms with Gasteiger partial charge in [0.05, 0.1) is 12.7 Å². The zero-order valence-electron chi connectivity index (χ0n) is 40.3. The average Bonchev–Trinajstić information content (AvgIpc) is 3.26. The van der Waals surface area contributed by atoms with Crippen molar-refractivity contribution in [1.82, 2.24) is 0 Å². The fourth-order valence-electron chi connectivity index (χ4n) is 8.39. The number of hydrogen-bond acceptors (Lipinski definition) is 10. The largest absolute Gasteiger partial charge is 0.387 e. The molecule has 1 fully saturated rings. The van der Waals surface area contributed by atoms with Crippen LogP contribution in [0.2, 0.25) is 0 Å². The summed E-state index contributed by atoms with van der Waals surface area (Å²) in [5.41, 5.74) is 0. The quantitative estimate of drug-likeness (QED) is 0.0133. The molecule has 13 heteroatoms. The summed E-state index contributed by atoms with van der Waals surface area (Å²) in [6.45, 7) is 6.39. The Morgan fingerprint density at radius 3 is 1.38 bits per heavy atom. The van der Waals surface area contributed by atoms with Crippen LogP contribution in [0.3, 0.4) is 0 Å². The molecule has 0 aromatic rings. The lowest BCUT2D eigenvalue weighted by Gasteiger charge is -2.41. The van der Waals surface area contributed by atoms with Crippen LogP contribution in [0.25, 0.3) is 0 Å². The Morgan fingerprint density at radius 1 is 0.508 bits per heavy atom. The summed E-state index contributed by atoms with van der Waals surface area (Å²) in [6.07, 6.45) is 34.3. The highest BCUT2D eigenvalue weighted by atomic mass is 32.2. The van der Waals surface area contributed by atoms with Crippen LogP contribution in [0.4, 0.5) is 0 Å². The lowest BCUT2D eigenvalue weighted by atomic mass is 9.85. The van der Waals surface area contributed by atoms with Crippen molar-refractivity contribution >= 4 is 19.6 Å². The molecule has 7 N–H and O–H groups in total. The molecule has 0 spiro atoms. The molecule has 0 bridgehead atoms. The van der Waals surface area contributed by atoms with Crippen molar-refractivity contribution < 1.29 is 53.5 Å². The minimum atomic E-state index is -3.86. The molecule has 0 amide bonds. The third-order valence-corrected chi connectivity index (χ3v) is 14.5. The summed E-state index contributed by atoms with van der Waals surface area (Å²) >= 11 is 1.18. The molecule has 0 saturated heterocycles. The first-order valence-electron chi connectivity index (χ1n) is 26.1. The lowest BCUT2D eigenvalue weighted by molar-refractivity contribution is -0.214. The van der Waals surface area contributed by atoms with E-state index in [0.29, 0.717) is 32.7 Å². The van der Waals surface area contributed by atoms with Gasteiger partial charge in [-0.2, -0.15) is 0 Å². The standard InChI is InChI=1S/C50H99O11PS/c1-3-5-7-9-11-13-22-26-30-34-38-59-42-43(60-39-35-31-27-23-14-12-10-8-6-4-2)41-44(63-61-50-48(54)46(52)45(51)47(53)49(50)55)37-33-29-25-21-19-17-15-16-18-20-24-28-32-36-40-62(56,57)58/h15,17,43-55H,3-14,16,18-42H2,1-2H3,(H2,56,57,58)/b17-15-/t43?,44?,45-,46-,47+,48-,49-,50-/m0/s1. The molecule has 8 atom stereocenters. The second-order valence-corrected chi connectivity index (χ2v) is 21.5. The Labute approximate surface area is 390 Å². The summed E-state index contributed by atoms with van der Waals surface area (Å²) in [6, 6.07) is 0. The monoisotopic (exact) mass is 939 g/mol. The van der Waals surface area contributed by atoms with Crippen molar-refractivity contribution in [3.63, 3.8) is 0 Å². The van der Waals surface area contributed by atoms with E-state index in [1.165, 1.54) is 121 Å². The van der Waals surface area contributed by atoms with Gasteiger partial charge >= 0.3 is 7.60 Å². The highest BCUT2D eigenvalue weighted by Gasteiger charge is 2.49. The Balaban J connectivity index is 2.66. The van der Waals surface area contributed by atoms with Gasteiger partial charge in [-0.05, 0) is 69.8 Å². The second-order valence-electron chi connectivity index (χ2n) is 18.7. The van der Waals surface area contributed by atoms with Crippen molar-refractivity contribution in [2.24, 2.45) is 0 Å². The van der Waals surface area contributed by atoms with Gasteiger partial charge in [-0.3, -0.25) is 4.57 Å². The molecular weight excluding hydrogens is 840 g/mol. The maximum absolute atomic E-state index is 11.0. The second kappa shape index (κ2) is 42.1. The van der Waals surface area contributed by atoms with Crippen LogP contribution < -0.4 is 0 Å². The maximum Gasteiger partial charge on any atom is 0.325 e. The van der Waals surface area contributed by atoms with Gasteiger partial charge in [-0.1, -0.05) is 187 Å². The number of aliphatic hydroxyl groups is 5. The molecule has 1 rings (SSSR count). The molecule has 11 nitrogen and oxygen atoms in total. The van der Waals surface area contributed by atoms with Gasteiger partial charge in [0.25, 0.3) is 0 Å². The van der Waals surface area contributed by atoms with E-state index >= 15 is 0 Å². The van der Waals surface area contributed by atoms with Crippen LogP contribution in [0.1, 0.15) is 232 Å². The lowest BCUT2D eigenvalue weighted by Crippen LogP contribution is -2.63. The van der Waals surface area contributed by atoms with Crippen molar-refractivity contribution in [2.45, 2.75) is 280 Å². The van der Waals surface area contributed by atoms with E-state index in [1.807, 2.05) is 0 Å². The minimum Gasteiger partial charge on any atom is -0.387 e. The van der Waals surface area contributed by atoms with E-state index < -0.39 is 44.2 Å². The first-order valence-corrected chi connectivity index (χ1v) is 28.7. The van der Waals surface area contributed by atoms with Gasteiger partial charge in [0, 0.05) is 24.6 Å². The zero-order valence-corrected chi connectivity index (χ0v) is 42.0. The summed E-state index contributed by atoms with van der Waals surface area (Å²) in [4.78, 5) is 17.9. The van der Waals surface area contributed by atoms with Crippen molar-refractivity contribution in [1.29, 1.82) is 0 Å². The molecule has 0 aliphatic heterocycles. The van der Waals surface area contributed by atoms with E-state index in [-0.39, 0.29) is 17.5 Å². The summed E-state index contributed by atoms with van der Waals surface area (Å²) in [5, 5.41) is 52.1. The predicted molar refractivity (Wildman–Crippen MR) is 261 cm³/mol. The number of aliphatic hydroxyl groups excluding tert-OH is 5. The van der Waals surface area contributed by atoms with Gasteiger partial charge in [0.2, 0.25) is 0 Å². The smallest absolute Gasteiger partial charge is 0.325 e. The SMILES string of the molecule is CCCCCCCCCCCCOCC(CC(CCCCCC/C=C\CCCCCCCCP(=O)(O)O)SO[C@@H]1[C@@H](O)[C@H](O)[C@@H](O)[C@H](O)[C@@H]1O)OCCCCCCCCCCCC. The van der Waals surface area contributed by atoms with Crippen LogP contribution in [0.5, 0.6) is 0 Å². The third-order valence-electron chi connectivity index (χ3n) is 12.6. The topological polar surface area (TPSA) is 186 Å². The Hall–Kier alpha value is -0.0800. The average molecular weight is 939 g/mol. The van der Waals surface area contributed by atoms with Gasteiger partial charge in [-0.15, -0.1) is 0 Å². The normalized spacial score (nSPS) is 21.7. The molecule has 376 valence electrons. The van der Waals surface area contributed by atoms with Crippen LogP contribution in [-0.4, -0.2) is 109 Å². The highest BCUT2D eigenvalue weighted by Crippen LogP contribution is 2.36. The summed E-state index contributed by atoms with van der Waals surface area (Å²) in [7, 11) is -3.86. The van der Waals surface area contributed by atoms with Gasteiger partial charge in [0.1, 0.15) is 36.6 Å². The van der Waals surface area contributed by atoms with Crippen molar-refractivity contribution in [3.05, 3.63) is 12.2 Å². The van der Waals surface area contributed by atoms with Gasteiger partial charge in [0.15, 0.2) is 0 Å². The molecule has 0 heterocycles. The van der Waals surface area contributed by atoms with E-state index in [1.54, 1.807) is 0 Å². The van der Waals surface area contributed by atoms with Crippen LogP contribution in [-0.2, 0) is 18.2 Å². The third kappa shape index (κ3) is 34.8. The van der Waals surface area contributed by atoms with E-state index in [0.717, 1.165) is 96.3 Å². The molecule has 1 saturated carbocycles. The fourth-order valence-corrected chi connectivity index (χ4v) is 10.1. The van der Waals surface area contributed by atoms with Crippen LogP contribution in [0, 0.1) is 0 Å². The van der Waals surface area contributed by atoms with Gasteiger partial charge in [-0.25, -0.2) is 0 Å². The van der Waals surface area contributed by atoms with E-state index in [2.05, 4.69) is 26.0 Å². The zero-order chi connectivity index (χ0) is 46.2. The number of rotatable bonds is 46. The van der Waals surface area contributed by atoms with Crippen molar-refractivity contribution in [3.8, 4) is 0 Å². The predicted octanol–water partition coefficient (Wildman–Crippen LogP) is 11.6.